The first-order chi connectivity index (χ1) is 18.8. The molecule has 0 spiro atoms. The third-order valence-corrected chi connectivity index (χ3v) is 8.92. The molecule has 0 saturated carbocycles. The van der Waals surface area contributed by atoms with Crippen molar-refractivity contribution in [2.75, 3.05) is 32.5 Å². The lowest BCUT2D eigenvalue weighted by Crippen LogP contribution is -2.37. The van der Waals surface area contributed by atoms with Crippen molar-refractivity contribution >= 4 is 23.5 Å². The molecule has 0 bridgehead atoms. The number of hydrogen-bond donors (Lipinski definition) is 0. The van der Waals surface area contributed by atoms with Crippen LogP contribution in [0.4, 0.5) is 8.78 Å². The molecule has 0 amide bonds. The fraction of sp³-hybridized carbons (Fsp3) is 0.438. The maximum Gasteiger partial charge on any atom is 0.271 e. The smallest absolute Gasteiger partial charge is 0.271 e. The summed E-state index contributed by atoms with van der Waals surface area (Å²) >= 11 is 8.36. The fourth-order valence-corrected chi connectivity index (χ4v) is 6.21. The first-order valence-electron chi connectivity index (χ1n) is 13.7. The van der Waals surface area contributed by atoms with Gasteiger partial charge in [0.15, 0.2) is 0 Å². The van der Waals surface area contributed by atoms with Crippen LogP contribution in [-0.4, -0.2) is 53.8 Å². The quantitative estimate of drug-likeness (QED) is 0.192. The molecule has 3 aromatic carbocycles. The van der Waals surface area contributed by atoms with Gasteiger partial charge in [-0.15, -0.1) is 0 Å². The molecule has 0 radical (unpaired) electrons. The Bertz CT molecular complexity index is 1120. The van der Waals surface area contributed by atoms with Gasteiger partial charge in [0.25, 0.3) is 5.92 Å². The van der Waals surface area contributed by atoms with E-state index in [0.29, 0.717) is 13.2 Å². The van der Waals surface area contributed by atoms with Crippen LogP contribution in [0.25, 0.3) is 0 Å². The molecule has 7 heteroatoms. The number of hydrogen-bond acceptors (Lipinski definition) is 4. The normalized spacial score (nSPS) is 17.3. The second kappa shape index (κ2) is 14.1. The molecule has 3 nitrogen and oxygen atoms in total. The summed E-state index contributed by atoms with van der Waals surface area (Å²) < 4.78 is 37.2. The third kappa shape index (κ3) is 8.27. The lowest BCUT2D eigenvalue weighted by Gasteiger charge is -2.34. The summed E-state index contributed by atoms with van der Waals surface area (Å²) in [6, 6.07) is 26.1. The first-order valence-corrected chi connectivity index (χ1v) is 15.2. The van der Waals surface area contributed by atoms with Gasteiger partial charge in [0.05, 0.1) is 11.1 Å². The van der Waals surface area contributed by atoms with E-state index in [-0.39, 0.29) is 28.6 Å². The van der Waals surface area contributed by atoms with Gasteiger partial charge < -0.3 is 4.74 Å². The molecule has 1 fully saturated rings. The maximum atomic E-state index is 14.3. The van der Waals surface area contributed by atoms with Crippen LogP contribution in [0.15, 0.2) is 78.9 Å². The molecule has 0 N–H and O–H groups in total. The second-order valence-corrected chi connectivity index (χ2v) is 11.7. The van der Waals surface area contributed by atoms with Gasteiger partial charge in [0.1, 0.15) is 0 Å². The van der Waals surface area contributed by atoms with E-state index >= 15 is 0 Å². The number of halogens is 3. The van der Waals surface area contributed by atoms with Crippen molar-refractivity contribution in [3.05, 3.63) is 106 Å². The minimum Gasteiger partial charge on any atom is -0.377 e. The molecule has 1 saturated heterocycles. The van der Waals surface area contributed by atoms with Crippen molar-refractivity contribution < 1.29 is 13.5 Å². The molecule has 39 heavy (non-hydrogen) atoms. The van der Waals surface area contributed by atoms with E-state index in [2.05, 4.69) is 70.9 Å². The number of rotatable bonds is 13. The zero-order valence-electron chi connectivity index (χ0n) is 23.0. The summed E-state index contributed by atoms with van der Waals surface area (Å²) in [5, 5.41) is 0.150. The molecule has 0 aliphatic carbocycles. The van der Waals surface area contributed by atoms with Crippen molar-refractivity contribution in [1.82, 2.24) is 9.21 Å². The van der Waals surface area contributed by atoms with E-state index in [1.54, 1.807) is 18.0 Å². The van der Waals surface area contributed by atoms with E-state index < -0.39 is 5.92 Å². The lowest BCUT2D eigenvalue weighted by molar-refractivity contribution is 0.0174. The summed E-state index contributed by atoms with van der Waals surface area (Å²) in [5.74, 6) is -2.88. The van der Waals surface area contributed by atoms with Crippen molar-refractivity contribution in [3.8, 4) is 0 Å². The molecule has 210 valence electrons. The van der Waals surface area contributed by atoms with Crippen molar-refractivity contribution in [3.63, 3.8) is 0 Å². The Balaban J connectivity index is 1.57. The Labute approximate surface area is 241 Å². The molecule has 4 rings (SSSR count). The van der Waals surface area contributed by atoms with Crippen LogP contribution >= 0.6 is 23.5 Å². The highest BCUT2D eigenvalue weighted by molar-refractivity contribution is 7.96. The van der Waals surface area contributed by atoms with Gasteiger partial charge in [-0.3, -0.25) is 4.90 Å². The summed E-state index contributed by atoms with van der Waals surface area (Å²) in [5.41, 5.74) is 3.04. The number of ether oxygens (including phenoxy) is 1. The number of alkyl halides is 2. The molecule has 3 aromatic rings. The summed E-state index contributed by atoms with van der Waals surface area (Å²) in [7, 11) is 0. The van der Waals surface area contributed by atoms with E-state index in [0.717, 1.165) is 45.0 Å². The topological polar surface area (TPSA) is 15.7 Å². The standard InChI is InChI=1S/C32H39ClF2N2OS/c1-24(18-20-38-28-17-19-37(22-28)39-3)36(21-27-15-10-16-30(31(27)33)32(2,34)35)23-29(25-11-6-4-7-12-25)26-13-8-5-9-14-26/h4-16,24,28-29H,17-23H2,1-3H3/t24-,28+/m1/s1. The van der Waals surface area contributed by atoms with Gasteiger partial charge in [-0.2, -0.15) is 0 Å². The molecule has 1 aliphatic rings. The van der Waals surface area contributed by atoms with Crippen LogP contribution in [0.2, 0.25) is 5.02 Å². The average Bonchev–Trinajstić information content (AvgIpc) is 3.40. The molecule has 0 unspecified atom stereocenters. The zero-order valence-corrected chi connectivity index (χ0v) is 24.6. The van der Waals surface area contributed by atoms with Gasteiger partial charge >= 0.3 is 0 Å². The van der Waals surface area contributed by atoms with Crippen molar-refractivity contribution in [1.29, 1.82) is 0 Å². The summed E-state index contributed by atoms with van der Waals surface area (Å²) in [6.07, 6.45) is 4.26. The molecule has 2 atom stereocenters. The zero-order chi connectivity index (χ0) is 27.8. The SMILES string of the molecule is CSN1CC[C@H](OCC[C@@H](C)N(Cc2cccc(C(C)(F)F)c2Cl)CC(c2ccccc2)c2ccccc2)C1. The maximum absolute atomic E-state index is 14.3. The van der Waals surface area contributed by atoms with Gasteiger partial charge in [-0.05, 0) is 42.7 Å². The predicted octanol–water partition coefficient (Wildman–Crippen LogP) is 8.23. The Morgan fingerprint density at radius 2 is 1.67 bits per heavy atom. The van der Waals surface area contributed by atoms with Gasteiger partial charge in [0, 0.05) is 57.2 Å². The molecular weight excluding hydrogens is 534 g/mol. The summed E-state index contributed by atoms with van der Waals surface area (Å²) in [4.78, 5) is 2.37. The van der Waals surface area contributed by atoms with Gasteiger partial charge in [-0.1, -0.05) is 102 Å². The van der Waals surface area contributed by atoms with Crippen molar-refractivity contribution in [2.45, 2.75) is 57.2 Å². The minimum atomic E-state index is -3.00. The fourth-order valence-electron chi connectivity index (χ4n) is 5.26. The molecule has 1 heterocycles. The van der Waals surface area contributed by atoms with Crippen LogP contribution in [0.3, 0.4) is 0 Å². The highest BCUT2D eigenvalue weighted by Gasteiger charge is 2.30. The molecule has 1 aliphatic heterocycles. The number of nitrogens with zero attached hydrogens (tertiary/aromatic N) is 2. The van der Waals surface area contributed by atoms with Crippen LogP contribution in [0.1, 0.15) is 54.9 Å². The van der Waals surface area contributed by atoms with Gasteiger partial charge in [0.2, 0.25) is 0 Å². The lowest BCUT2D eigenvalue weighted by atomic mass is 9.90. The van der Waals surface area contributed by atoms with E-state index in [1.807, 2.05) is 18.2 Å². The van der Waals surface area contributed by atoms with Crippen molar-refractivity contribution in [2.24, 2.45) is 0 Å². The Hall–Kier alpha value is -1.96. The predicted molar refractivity (Wildman–Crippen MR) is 160 cm³/mol. The van der Waals surface area contributed by atoms with E-state index in [1.165, 1.54) is 17.2 Å². The van der Waals surface area contributed by atoms with Crippen LogP contribution < -0.4 is 0 Å². The highest BCUT2D eigenvalue weighted by Crippen LogP contribution is 2.36. The third-order valence-electron chi connectivity index (χ3n) is 7.62. The van der Waals surface area contributed by atoms with E-state index in [9.17, 15) is 8.78 Å². The van der Waals surface area contributed by atoms with Crippen LogP contribution in [0.5, 0.6) is 0 Å². The Kier molecular flexibility index (Phi) is 10.8. The Morgan fingerprint density at radius 3 is 2.23 bits per heavy atom. The van der Waals surface area contributed by atoms with Crippen LogP contribution in [0, 0.1) is 0 Å². The van der Waals surface area contributed by atoms with Crippen LogP contribution in [-0.2, 0) is 17.2 Å². The monoisotopic (exact) mass is 572 g/mol. The molecular formula is C32H39ClF2N2OS. The largest absolute Gasteiger partial charge is 0.377 e. The average molecular weight is 573 g/mol. The number of benzene rings is 3. The molecule has 0 aromatic heterocycles. The highest BCUT2D eigenvalue weighted by atomic mass is 35.5. The minimum absolute atomic E-state index is 0.121. The second-order valence-electron chi connectivity index (χ2n) is 10.5. The van der Waals surface area contributed by atoms with E-state index in [4.69, 9.17) is 16.3 Å². The first kappa shape index (κ1) is 30.0. The Morgan fingerprint density at radius 1 is 1.03 bits per heavy atom. The van der Waals surface area contributed by atoms with Gasteiger partial charge in [-0.25, -0.2) is 13.1 Å². The summed E-state index contributed by atoms with van der Waals surface area (Å²) in [6.45, 7) is 6.97.